The fourth-order valence-electron chi connectivity index (χ4n) is 1.23. The summed E-state index contributed by atoms with van der Waals surface area (Å²) in [7, 11) is 0. The molecular formula is C11H18N2O2. The fraction of sp³-hybridized carbons (Fsp3) is 0.545. The standard InChI is InChI=1S/C11H18N2O2/c1-3-14-8-11(12)9-5-10(15-4-2)7-13-6-9/h5-7,11H,3-4,8,12H2,1-2H3. The highest BCUT2D eigenvalue weighted by Gasteiger charge is 2.07. The maximum atomic E-state index is 5.93. The Balaban J connectivity index is 2.62. The van der Waals surface area contributed by atoms with Gasteiger partial charge in [0.15, 0.2) is 0 Å². The van der Waals surface area contributed by atoms with Gasteiger partial charge in [-0.1, -0.05) is 0 Å². The van der Waals surface area contributed by atoms with Gasteiger partial charge in [0.2, 0.25) is 0 Å². The van der Waals surface area contributed by atoms with E-state index < -0.39 is 0 Å². The number of hydrogen-bond donors (Lipinski definition) is 1. The van der Waals surface area contributed by atoms with Gasteiger partial charge >= 0.3 is 0 Å². The molecule has 4 heteroatoms. The van der Waals surface area contributed by atoms with Crippen LogP contribution in [0.5, 0.6) is 5.75 Å². The number of aromatic nitrogens is 1. The molecule has 0 fully saturated rings. The molecule has 0 amide bonds. The zero-order chi connectivity index (χ0) is 11.1. The Morgan fingerprint density at radius 2 is 2.13 bits per heavy atom. The lowest BCUT2D eigenvalue weighted by Gasteiger charge is -2.12. The molecule has 15 heavy (non-hydrogen) atoms. The van der Waals surface area contributed by atoms with E-state index in [4.69, 9.17) is 15.2 Å². The molecule has 2 N–H and O–H groups in total. The van der Waals surface area contributed by atoms with E-state index in [1.165, 1.54) is 0 Å². The summed E-state index contributed by atoms with van der Waals surface area (Å²) in [6, 6.07) is 1.76. The predicted molar refractivity (Wildman–Crippen MR) is 58.8 cm³/mol. The van der Waals surface area contributed by atoms with E-state index in [2.05, 4.69) is 4.98 Å². The summed E-state index contributed by atoms with van der Waals surface area (Å²) in [6.45, 7) is 5.69. The lowest BCUT2D eigenvalue weighted by molar-refractivity contribution is 0.133. The third-order valence-corrected chi connectivity index (χ3v) is 1.97. The molecule has 1 heterocycles. The van der Waals surface area contributed by atoms with Crippen LogP contribution < -0.4 is 10.5 Å². The number of pyridine rings is 1. The van der Waals surface area contributed by atoms with Crippen LogP contribution in [0.2, 0.25) is 0 Å². The number of nitrogens with zero attached hydrogens (tertiary/aromatic N) is 1. The number of nitrogens with two attached hydrogens (primary N) is 1. The topological polar surface area (TPSA) is 57.4 Å². The molecule has 1 aromatic heterocycles. The molecule has 1 rings (SSSR count). The summed E-state index contributed by atoms with van der Waals surface area (Å²) in [4.78, 5) is 4.07. The molecule has 0 aromatic carbocycles. The van der Waals surface area contributed by atoms with Crippen LogP contribution in [0, 0.1) is 0 Å². The van der Waals surface area contributed by atoms with Gasteiger partial charge < -0.3 is 15.2 Å². The minimum Gasteiger partial charge on any atom is -0.492 e. The molecule has 0 spiro atoms. The Labute approximate surface area is 90.4 Å². The molecule has 0 saturated heterocycles. The van der Waals surface area contributed by atoms with Gasteiger partial charge in [-0.3, -0.25) is 4.98 Å². The van der Waals surface area contributed by atoms with Crippen molar-refractivity contribution >= 4 is 0 Å². The molecule has 0 saturated carbocycles. The Kier molecular flexibility index (Phi) is 5.07. The second-order valence-corrected chi connectivity index (χ2v) is 3.15. The van der Waals surface area contributed by atoms with E-state index in [1.54, 1.807) is 12.4 Å². The average Bonchev–Trinajstić information content (AvgIpc) is 2.27. The maximum absolute atomic E-state index is 5.93. The van der Waals surface area contributed by atoms with Crippen molar-refractivity contribution in [1.29, 1.82) is 0 Å². The van der Waals surface area contributed by atoms with E-state index in [0.717, 1.165) is 11.3 Å². The highest BCUT2D eigenvalue weighted by Crippen LogP contribution is 2.16. The first kappa shape index (κ1) is 11.9. The maximum Gasteiger partial charge on any atom is 0.137 e. The zero-order valence-electron chi connectivity index (χ0n) is 9.27. The highest BCUT2D eigenvalue weighted by molar-refractivity contribution is 5.25. The number of rotatable bonds is 6. The van der Waals surface area contributed by atoms with Crippen LogP contribution in [0.15, 0.2) is 18.5 Å². The molecule has 1 aromatic rings. The van der Waals surface area contributed by atoms with Crippen molar-refractivity contribution in [3.63, 3.8) is 0 Å². The Hall–Kier alpha value is -1.13. The van der Waals surface area contributed by atoms with Gasteiger partial charge in [0.1, 0.15) is 5.75 Å². The van der Waals surface area contributed by atoms with Gasteiger partial charge in [0.05, 0.1) is 25.5 Å². The third-order valence-electron chi connectivity index (χ3n) is 1.97. The van der Waals surface area contributed by atoms with Crippen molar-refractivity contribution in [3.8, 4) is 5.75 Å². The summed E-state index contributed by atoms with van der Waals surface area (Å²) in [5.41, 5.74) is 6.86. The third kappa shape index (κ3) is 3.85. The Morgan fingerprint density at radius 3 is 2.80 bits per heavy atom. The lowest BCUT2D eigenvalue weighted by Crippen LogP contribution is -2.17. The molecule has 1 unspecified atom stereocenters. The largest absolute Gasteiger partial charge is 0.492 e. The van der Waals surface area contributed by atoms with Crippen molar-refractivity contribution < 1.29 is 9.47 Å². The minimum atomic E-state index is -0.141. The molecule has 84 valence electrons. The summed E-state index contributed by atoms with van der Waals surface area (Å²) < 4.78 is 10.6. The molecule has 0 aliphatic heterocycles. The fourth-order valence-corrected chi connectivity index (χ4v) is 1.23. The summed E-state index contributed by atoms with van der Waals surface area (Å²) in [5.74, 6) is 0.752. The van der Waals surface area contributed by atoms with Crippen LogP contribution in [0.4, 0.5) is 0 Å². The van der Waals surface area contributed by atoms with Gasteiger partial charge in [-0.05, 0) is 25.5 Å². The van der Waals surface area contributed by atoms with Crippen molar-refractivity contribution in [1.82, 2.24) is 4.98 Å². The van der Waals surface area contributed by atoms with E-state index in [0.29, 0.717) is 19.8 Å². The number of hydrogen-bond acceptors (Lipinski definition) is 4. The van der Waals surface area contributed by atoms with Crippen LogP contribution >= 0.6 is 0 Å². The van der Waals surface area contributed by atoms with Crippen LogP contribution in [0.1, 0.15) is 25.5 Å². The monoisotopic (exact) mass is 210 g/mol. The minimum absolute atomic E-state index is 0.141. The number of ether oxygens (including phenoxy) is 2. The SMILES string of the molecule is CCOCC(N)c1cncc(OCC)c1. The first-order valence-electron chi connectivity index (χ1n) is 5.19. The Morgan fingerprint density at radius 1 is 1.33 bits per heavy atom. The van der Waals surface area contributed by atoms with Crippen molar-refractivity contribution in [3.05, 3.63) is 24.0 Å². The van der Waals surface area contributed by atoms with Gasteiger partial charge in [0, 0.05) is 12.8 Å². The van der Waals surface area contributed by atoms with E-state index >= 15 is 0 Å². The van der Waals surface area contributed by atoms with E-state index in [1.807, 2.05) is 19.9 Å². The van der Waals surface area contributed by atoms with E-state index in [-0.39, 0.29) is 6.04 Å². The zero-order valence-corrected chi connectivity index (χ0v) is 9.27. The lowest BCUT2D eigenvalue weighted by atomic mass is 10.1. The second kappa shape index (κ2) is 6.37. The summed E-state index contributed by atoms with van der Waals surface area (Å²) >= 11 is 0. The van der Waals surface area contributed by atoms with Gasteiger partial charge in [-0.15, -0.1) is 0 Å². The molecule has 0 bridgehead atoms. The molecule has 4 nitrogen and oxygen atoms in total. The van der Waals surface area contributed by atoms with Gasteiger partial charge in [-0.25, -0.2) is 0 Å². The van der Waals surface area contributed by atoms with Crippen molar-refractivity contribution in [2.75, 3.05) is 19.8 Å². The van der Waals surface area contributed by atoms with Gasteiger partial charge in [-0.2, -0.15) is 0 Å². The quantitative estimate of drug-likeness (QED) is 0.773. The predicted octanol–water partition coefficient (Wildman–Crippen LogP) is 1.52. The summed E-state index contributed by atoms with van der Waals surface area (Å²) in [5, 5.41) is 0. The van der Waals surface area contributed by atoms with Crippen molar-refractivity contribution in [2.45, 2.75) is 19.9 Å². The second-order valence-electron chi connectivity index (χ2n) is 3.15. The Bertz CT molecular complexity index is 292. The van der Waals surface area contributed by atoms with E-state index in [9.17, 15) is 0 Å². The molecular weight excluding hydrogens is 192 g/mol. The van der Waals surface area contributed by atoms with Crippen LogP contribution in [0.3, 0.4) is 0 Å². The molecule has 1 atom stereocenters. The van der Waals surface area contributed by atoms with Crippen LogP contribution in [-0.4, -0.2) is 24.8 Å². The normalized spacial score (nSPS) is 12.5. The molecule has 0 aliphatic rings. The summed E-state index contributed by atoms with van der Waals surface area (Å²) in [6.07, 6.45) is 3.42. The van der Waals surface area contributed by atoms with Gasteiger partial charge in [0.25, 0.3) is 0 Å². The smallest absolute Gasteiger partial charge is 0.137 e. The first-order valence-corrected chi connectivity index (χ1v) is 5.19. The van der Waals surface area contributed by atoms with Crippen molar-refractivity contribution in [2.24, 2.45) is 5.73 Å². The average molecular weight is 210 g/mol. The first-order chi connectivity index (χ1) is 7.27. The molecule has 0 aliphatic carbocycles. The molecule has 0 radical (unpaired) electrons. The van der Waals surface area contributed by atoms with Crippen LogP contribution in [-0.2, 0) is 4.74 Å². The van der Waals surface area contributed by atoms with Crippen LogP contribution in [0.25, 0.3) is 0 Å². The highest BCUT2D eigenvalue weighted by atomic mass is 16.5.